The van der Waals surface area contributed by atoms with Gasteiger partial charge in [0.1, 0.15) is 5.75 Å². The monoisotopic (exact) mass is 449 g/mol. The van der Waals surface area contributed by atoms with E-state index in [4.69, 9.17) is 5.26 Å². The van der Waals surface area contributed by atoms with E-state index in [1.807, 2.05) is 6.07 Å². The maximum absolute atomic E-state index is 12.1. The third kappa shape index (κ3) is 7.21. The van der Waals surface area contributed by atoms with Gasteiger partial charge in [-0.25, -0.2) is 8.42 Å². The molecule has 9 heteroatoms. The molecule has 2 N–H and O–H groups in total. The summed E-state index contributed by atoms with van der Waals surface area (Å²) in [6.45, 7) is -0.332. The number of hydrogen-bond donors (Lipinski definition) is 2. The molecule has 0 unspecified atom stereocenters. The number of rotatable bonds is 7. The molecule has 0 aliphatic heterocycles. The third-order valence-corrected chi connectivity index (χ3v) is 5.40. The van der Waals surface area contributed by atoms with E-state index in [0.717, 1.165) is 4.47 Å². The predicted molar refractivity (Wildman–Crippen MR) is 104 cm³/mol. The number of anilines is 1. The third-order valence-electron chi connectivity index (χ3n) is 3.39. The fourth-order valence-electron chi connectivity index (χ4n) is 2.15. The number of carbonyl (C=O) groups excluding carboxylic acids is 2. The average molecular weight is 450 g/mol. The van der Waals surface area contributed by atoms with Crippen LogP contribution in [0.5, 0.6) is 0 Å². The van der Waals surface area contributed by atoms with Crippen molar-refractivity contribution in [3.8, 4) is 6.07 Å². The number of amides is 2. The van der Waals surface area contributed by atoms with Crippen LogP contribution in [-0.2, 0) is 25.2 Å². The summed E-state index contributed by atoms with van der Waals surface area (Å²) in [5.74, 6) is -2.26. The molecule has 2 amide bonds. The van der Waals surface area contributed by atoms with Gasteiger partial charge in [-0.2, -0.15) is 5.26 Å². The molecule has 0 aliphatic carbocycles. The highest BCUT2D eigenvalue weighted by Crippen LogP contribution is 2.13. The molecular weight excluding hydrogens is 434 g/mol. The van der Waals surface area contributed by atoms with Crippen molar-refractivity contribution in [2.24, 2.45) is 0 Å². The minimum Gasteiger partial charge on any atom is -0.346 e. The molecular formula is C18H16BrN3O4S. The number of nitriles is 1. The standard InChI is InChI=1S/C18H16BrN3O4S/c19-15-5-7-16(8-6-15)22-17(23)10-21-18(24)12-27(25,26)11-14-3-1-13(9-20)2-4-14/h1-8H,10-12H2,(H,21,24)(H,22,23). The van der Waals surface area contributed by atoms with Crippen molar-refractivity contribution in [3.63, 3.8) is 0 Å². The van der Waals surface area contributed by atoms with E-state index in [2.05, 4.69) is 26.6 Å². The number of benzene rings is 2. The van der Waals surface area contributed by atoms with Crippen LogP contribution < -0.4 is 10.6 Å². The summed E-state index contributed by atoms with van der Waals surface area (Å²) in [5, 5.41) is 13.6. The van der Waals surface area contributed by atoms with Gasteiger partial charge in [0.15, 0.2) is 9.84 Å². The molecule has 2 aromatic carbocycles. The highest BCUT2D eigenvalue weighted by molar-refractivity contribution is 9.10. The zero-order chi connectivity index (χ0) is 19.9. The quantitative estimate of drug-likeness (QED) is 0.670. The summed E-state index contributed by atoms with van der Waals surface area (Å²) in [5.41, 5.74) is 1.46. The highest BCUT2D eigenvalue weighted by Gasteiger charge is 2.18. The first-order valence-corrected chi connectivity index (χ1v) is 10.4. The first-order chi connectivity index (χ1) is 12.8. The van der Waals surface area contributed by atoms with Crippen molar-refractivity contribution < 1.29 is 18.0 Å². The fourth-order valence-corrected chi connectivity index (χ4v) is 3.72. The average Bonchev–Trinajstić information content (AvgIpc) is 2.62. The Hall–Kier alpha value is -2.70. The Kier molecular flexibility index (Phi) is 7.10. The second kappa shape index (κ2) is 9.30. The van der Waals surface area contributed by atoms with Gasteiger partial charge in [0.25, 0.3) is 0 Å². The van der Waals surface area contributed by atoms with E-state index in [1.165, 1.54) is 24.3 Å². The molecule has 0 fully saturated rings. The van der Waals surface area contributed by atoms with Gasteiger partial charge in [-0.05, 0) is 42.0 Å². The van der Waals surface area contributed by atoms with Crippen LogP contribution in [0.25, 0.3) is 0 Å². The Morgan fingerprint density at radius 3 is 2.22 bits per heavy atom. The number of carbonyl (C=O) groups is 2. The lowest BCUT2D eigenvalue weighted by Gasteiger charge is -2.08. The van der Waals surface area contributed by atoms with Crippen LogP contribution in [0.1, 0.15) is 11.1 Å². The first-order valence-electron chi connectivity index (χ1n) is 7.79. The molecule has 0 heterocycles. The van der Waals surface area contributed by atoms with Gasteiger partial charge >= 0.3 is 0 Å². The van der Waals surface area contributed by atoms with Crippen molar-refractivity contribution in [3.05, 3.63) is 64.1 Å². The number of sulfone groups is 1. The summed E-state index contributed by atoms with van der Waals surface area (Å²) in [6.07, 6.45) is 0. The lowest BCUT2D eigenvalue weighted by atomic mass is 10.2. The molecule has 2 rings (SSSR count). The summed E-state index contributed by atoms with van der Waals surface area (Å²) in [4.78, 5) is 23.6. The highest BCUT2D eigenvalue weighted by atomic mass is 79.9. The van der Waals surface area contributed by atoms with Crippen LogP contribution in [0, 0.1) is 11.3 Å². The Labute approximate surface area is 165 Å². The van der Waals surface area contributed by atoms with Gasteiger partial charge in [0.2, 0.25) is 11.8 Å². The Morgan fingerprint density at radius 2 is 1.63 bits per heavy atom. The zero-order valence-corrected chi connectivity index (χ0v) is 16.5. The molecule has 2 aromatic rings. The summed E-state index contributed by atoms with van der Waals surface area (Å²) in [6, 6.07) is 14.9. The summed E-state index contributed by atoms with van der Waals surface area (Å²) in [7, 11) is -3.70. The Balaban J connectivity index is 1.81. The van der Waals surface area contributed by atoms with Crippen LogP contribution in [0.15, 0.2) is 53.0 Å². The van der Waals surface area contributed by atoms with Gasteiger partial charge in [-0.3, -0.25) is 9.59 Å². The number of nitrogens with one attached hydrogen (secondary N) is 2. The molecule has 27 heavy (non-hydrogen) atoms. The van der Waals surface area contributed by atoms with Crippen molar-refractivity contribution in [2.45, 2.75) is 5.75 Å². The normalized spacial score (nSPS) is 10.7. The van der Waals surface area contributed by atoms with Crippen LogP contribution in [0.2, 0.25) is 0 Å². The van der Waals surface area contributed by atoms with E-state index in [1.54, 1.807) is 24.3 Å². The molecule has 0 aliphatic rings. The van der Waals surface area contributed by atoms with E-state index in [-0.39, 0.29) is 12.3 Å². The van der Waals surface area contributed by atoms with Gasteiger partial charge in [0.05, 0.1) is 23.9 Å². The molecule has 0 atom stereocenters. The van der Waals surface area contributed by atoms with Crippen molar-refractivity contribution >= 4 is 43.3 Å². The fraction of sp³-hybridized carbons (Fsp3) is 0.167. The number of nitrogens with zero attached hydrogens (tertiary/aromatic N) is 1. The number of hydrogen-bond acceptors (Lipinski definition) is 5. The van der Waals surface area contributed by atoms with Crippen molar-refractivity contribution in [2.75, 3.05) is 17.6 Å². The molecule has 0 aromatic heterocycles. The Morgan fingerprint density at radius 1 is 1.00 bits per heavy atom. The molecule has 140 valence electrons. The first kappa shape index (κ1) is 20.6. The van der Waals surface area contributed by atoms with Gasteiger partial charge in [-0.15, -0.1) is 0 Å². The molecule has 0 bridgehead atoms. The lowest BCUT2D eigenvalue weighted by molar-refractivity contribution is -0.122. The topological polar surface area (TPSA) is 116 Å². The number of halogens is 1. The largest absolute Gasteiger partial charge is 0.346 e. The molecule has 0 saturated carbocycles. The molecule has 0 radical (unpaired) electrons. The second-order valence-corrected chi connectivity index (χ2v) is 8.65. The smallest absolute Gasteiger partial charge is 0.243 e. The van der Waals surface area contributed by atoms with Crippen LogP contribution in [-0.4, -0.2) is 32.5 Å². The molecule has 0 spiro atoms. The SMILES string of the molecule is N#Cc1ccc(CS(=O)(=O)CC(=O)NCC(=O)Nc2ccc(Br)cc2)cc1. The van der Waals surface area contributed by atoms with E-state index in [9.17, 15) is 18.0 Å². The van der Waals surface area contributed by atoms with Crippen LogP contribution >= 0.6 is 15.9 Å². The Bertz CT molecular complexity index is 965. The molecule has 0 saturated heterocycles. The van der Waals surface area contributed by atoms with Crippen LogP contribution in [0.4, 0.5) is 5.69 Å². The van der Waals surface area contributed by atoms with Crippen molar-refractivity contribution in [1.82, 2.24) is 5.32 Å². The van der Waals surface area contributed by atoms with Crippen molar-refractivity contribution in [1.29, 1.82) is 5.26 Å². The van der Waals surface area contributed by atoms with Gasteiger partial charge in [0, 0.05) is 10.2 Å². The minimum atomic E-state index is -3.70. The predicted octanol–water partition coefficient (Wildman–Crippen LogP) is 1.99. The maximum Gasteiger partial charge on any atom is 0.243 e. The second-order valence-electron chi connectivity index (χ2n) is 5.67. The lowest BCUT2D eigenvalue weighted by Crippen LogP contribution is -2.36. The summed E-state index contributed by atoms with van der Waals surface area (Å²) >= 11 is 3.28. The minimum absolute atomic E-state index is 0.322. The summed E-state index contributed by atoms with van der Waals surface area (Å²) < 4.78 is 25.1. The van der Waals surface area contributed by atoms with E-state index in [0.29, 0.717) is 16.8 Å². The molecule has 7 nitrogen and oxygen atoms in total. The van der Waals surface area contributed by atoms with Crippen LogP contribution in [0.3, 0.4) is 0 Å². The van der Waals surface area contributed by atoms with E-state index >= 15 is 0 Å². The maximum atomic E-state index is 12.1. The van der Waals surface area contributed by atoms with E-state index < -0.39 is 27.4 Å². The van der Waals surface area contributed by atoms with Gasteiger partial charge < -0.3 is 10.6 Å². The zero-order valence-electron chi connectivity index (χ0n) is 14.1. The van der Waals surface area contributed by atoms with Gasteiger partial charge in [-0.1, -0.05) is 28.1 Å².